The SMILES string of the molecule is COc1ccc(C(O)c2ccc(Cl)cc2N)c(OC)c1. The lowest BCUT2D eigenvalue weighted by atomic mass is 9.99. The van der Waals surface area contributed by atoms with Crippen molar-refractivity contribution < 1.29 is 14.6 Å². The molecule has 0 saturated heterocycles. The van der Waals surface area contributed by atoms with Gasteiger partial charge in [0.25, 0.3) is 0 Å². The summed E-state index contributed by atoms with van der Waals surface area (Å²) in [5.74, 6) is 1.19. The van der Waals surface area contributed by atoms with Gasteiger partial charge >= 0.3 is 0 Å². The van der Waals surface area contributed by atoms with Crippen LogP contribution >= 0.6 is 11.6 Å². The van der Waals surface area contributed by atoms with Crippen LogP contribution in [0.25, 0.3) is 0 Å². The van der Waals surface area contributed by atoms with Gasteiger partial charge < -0.3 is 20.3 Å². The van der Waals surface area contributed by atoms with E-state index in [9.17, 15) is 5.11 Å². The highest BCUT2D eigenvalue weighted by Gasteiger charge is 2.18. The predicted octanol–water partition coefficient (Wildman–Crippen LogP) is 3.02. The van der Waals surface area contributed by atoms with Gasteiger partial charge in [-0.3, -0.25) is 0 Å². The summed E-state index contributed by atoms with van der Waals surface area (Å²) < 4.78 is 10.4. The zero-order valence-corrected chi connectivity index (χ0v) is 12.0. The van der Waals surface area contributed by atoms with Crippen LogP contribution in [0.15, 0.2) is 36.4 Å². The fourth-order valence-electron chi connectivity index (χ4n) is 2.01. The van der Waals surface area contributed by atoms with Crippen LogP contribution in [-0.2, 0) is 0 Å². The number of methoxy groups -OCH3 is 2. The van der Waals surface area contributed by atoms with Crippen LogP contribution in [0.5, 0.6) is 11.5 Å². The van der Waals surface area contributed by atoms with Crippen LogP contribution in [0.1, 0.15) is 17.2 Å². The molecule has 0 bridgehead atoms. The number of hydrogen-bond acceptors (Lipinski definition) is 4. The van der Waals surface area contributed by atoms with Gasteiger partial charge in [-0.1, -0.05) is 17.7 Å². The van der Waals surface area contributed by atoms with E-state index in [0.29, 0.717) is 33.3 Å². The maximum absolute atomic E-state index is 10.5. The molecule has 0 saturated carbocycles. The number of aliphatic hydroxyl groups excluding tert-OH is 1. The van der Waals surface area contributed by atoms with Crippen molar-refractivity contribution in [1.29, 1.82) is 0 Å². The molecule has 0 aliphatic heterocycles. The van der Waals surface area contributed by atoms with Gasteiger partial charge in [-0.25, -0.2) is 0 Å². The minimum absolute atomic E-state index is 0.433. The summed E-state index contributed by atoms with van der Waals surface area (Å²) in [7, 11) is 3.11. The molecule has 0 aromatic heterocycles. The van der Waals surface area contributed by atoms with Gasteiger partial charge in [0.15, 0.2) is 0 Å². The molecule has 4 nitrogen and oxygen atoms in total. The summed E-state index contributed by atoms with van der Waals surface area (Å²) in [5, 5.41) is 11.0. The van der Waals surface area contributed by atoms with Crippen molar-refractivity contribution in [3.63, 3.8) is 0 Å². The molecule has 20 heavy (non-hydrogen) atoms. The molecular weight excluding hydrogens is 278 g/mol. The zero-order valence-electron chi connectivity index (χ0n) is 11.3. The number of ether oxygens (including phenoxy) is 2. The zero-order chi connectivity index (χ0) is 14.7. The van der Waals surface area contributed by atoms with E-state index in [1.54, 1.807) is 43.5 Å². The molecule has 5 heteroatoms. The Bertz CT molecular complexity index is 616. The molecule has 0 amide bonds. The number of nitrogen functional groups attached to an aromatic ring is 1. The lowest BCUT2D eigenvalue weighted by Crippen LogP contribution is -2.05. The average molecular weight is 294 g/mol. The normalized spacial score (nSPS) is 12.0. The maximum atomic E-state index is 10.5. The lowest BCUT2D eigenvalue weighted by molar-refractivity contribution is 0.215. The highest BCUT2D eigenvalue weighted by atomic mass is 35.5. The Hall–Kier alpha value is -1.91. The number of nitrogens with two attached hydrogens (primary N) is 1. The third kappa shape index (κ3) is 2.81. The largest absolute Gasteiger partial charge is 0.497 e. The van der Waals surface area contributed by atoms with E-state index in [1.807, 2.05) is 0 Å². The number of rotatable bonds is 4. The first-order valence-electron chi connectivity index (χ1n) is 6.01. The second kappa shape index (κ2) is 6.03. The van der Waals surface area contributed by atoms with Crippen LogP contribution in [0, 0.1) is 0 Å². The fourth-order valence-corrected chi connectivity index (χ4v) is 2.19. The molecule has 0 aliphatic rings. The van der Waals surface area contributed by atoms with Crippen molar-refractivity contribution >= 4 is 17.3 Å². The lowest BCUT2D eigenvalue weighted by Gasteiger charge is -2.17. The second-order valence-corrected chi connectivity index (χ2v) is 4.72. The van der Waals surface area contributed by atoms with Crippen LogP contribution in [0.2, 0.25) is 5.02 Å². The molecule has 2 aromatic carbocycles. The topological polar surface area (TPSA) is 64.7 Å². The summed E-state index contributed by atoms with van der Waals surface area (Å²) in [6.07, 6.45) is -0.895. The summed E-state index contributed by atoms with van der Waals surface area (Å²) >= 11 is 5.86. The van der Waals surface area contributed by atoms with Crippen LogP contribution in [0.4, 0.5) is 5.69 Å². The molecule has 2 rings (SSSR count). The third-order valence-electron chi connectivity index (χ3n) is 3.08. The quantitative estimate of drug-likeness (QED) is 0.851. The summed E-state index contributed by atoms with van der Waals surface area (Å²) in [5.41, 5.74) is 7.53. The van der Waals surface area contributed by atoms with Crippen molar-refractivity contribution in [2.75, 3.05) is 20.0 Å². The molecule has 1 atom stereocenters. The van der Waals surface area contributed by atoms with E-state index in [1.165, 1.54) is 7.11 Å². The Labute approximate surface area is 122 Å². The molecule has 0 aliphatic carbocycles. The Morgan fingerprint density at radius 2 is 1.75 bits per heavy atom. The summed E-state index contributed by atoms with van der Waals surface area (Å²) in [6, 6.07) is 10.2. The third-order valence-corrected chi connectivity index (χ3v) is 3.31. The fraction of sp³-hybridized carbons (Fsp3) is 0.200. The van der Waals surface area contributed by atoms with E-state index in [-0.39, 0.29) is 0 Å². The highest BCUT2D eigenvalue weighted by molar-refractivity contribution is 6.30. The van der Waals surface area contributed by atoms with Gasteiger partial charge in [0, 0.05) is 27.9 Å². The van der Waals surface area contributed by atoms with Gasteiger partial charge in [-0.2, -0.15) is 0 Å². The maximum Gasteiger partial charge on any atom is 0.128 e. The predicted molar refractivity (Wildman–Crippen MR) is 79.5 cm³/mol. The molecule has 3 N–H and O–H groups in total. The summed E-state index contributed by atoms with van der Waals surface area (Å²) in [6.45, 7) is 0. The van der Waals surface area contributed by atoms with Crippen LogP contribution in [0.3, 0.4) is 0 Å². The van der Waals surface area contributed by atoms with Crippen molar-refractivity contribution in [2.45, 2.75) is 6.10 Å². The van der Waals surface area contributed by atoms with Gasteiger partial charge in [0.1, 0.15) is 17.6 Å². The first kappa shape index (κ1) is 14.5. The minimum atomic E-state index is -0.895. The van der Waals surface area contributed by atoms with E-state index in [4.69, 9.17) is 26.8 Å². The standard InChI is InChI=1S/C15H16ClNO3/c1-19-10-4-6-12(14(8-10)20-2)15(18)11-5-3-9(16)7-13(11)17/h3-8,15,18H,17H2,1-2H3. The Balaban J connectivity index is 2.44. The smallest absolute Gasteiger partial charge is 0.128 e. The number of halogens is 1. The van der Waals surface area contributed by atoms with E-state index in [0.717, 1.165) is 0 Å². The Morgan fingerprint density at radius 3 is 2.35 bits per heavy atom. The first-order valence-corrected chi connectivity index (χ1v) is 6.39. The number of aliphatic hydroxyl groups is 1. The Kier molecular flexibility index (Phi) is 4.37. The molecule has 0 heterocycles. The number of hydrogen-bond donors (Lipinski definition) is 2. The van der Waals surface area contributed by atoms with Crippen molar-refractivity contribution in [2.24, 2.45) is 0 Å². The molecule has 106 valence electrons. The van der Waals surface area contributed by atoms with Crippen LogP contribution in [-0.4, -0.2) is 19.3 Å². The van der Waals surface area contributed by atoms with Gasteiger partial charge in [-0.15, -0.1) is 0 Å². The summed E-state index contributed by atoms with van der Waals surface area (Å²) in [4.78, 5) is 0. The second-order valence-electron chi connectivity index (χ2n) is 4.28. The molecule has 2 aromatic rings. The van der Waals surface area contributed by atoms with Gasteiger partial charge in [0.2, 0.25) is 0 Å². The molecular formula is C15H16ClNO3. The Morgan fingerprint density at radius 1 is 1.05 bits per heavy atom. The number of anilines is 1. The van der Waals surface area contributed by atoms with E-state index in [2.05, 4.69) is 0 Å². The molecule has 0 radical (unpaired) electrons. The minimum Gasteiger partial charge on any atom is -0.497 e. The van der Waals surface area contributed by atoms with Crippen molar-refractivity contribution in [3.8, 4) is 11.5 Å². The van der Waals surface area contributed by atoms with E-state index >= 15 is 0 Å². The van der Waals surface area contributed by atoms with Gasteiger partial charge in [-0.05, 0) is 24.3 Å². The molecule has 1 unspecified atom stereocenters. The van der Waals surface area contributed by atoms with Crippen LogP contribution < -0.4 is 15.2 Å². The van der Waals surface area contributed by atoms with E-state index < -0.39 is 6.10 Å². The van der Waals surface area contributed by atoms with Crippen molar-refractivity contribution in [1.82, 2.24) is 0 Å². The monoisotopic (exact) mass is 293 g/mol. The number of benzene rings is 2. The molecule has 0 fully saturated rings. The first-order chi connectivity index (χ1) is 9.56. The molecule has 0 spiro atoms. The van der Waals surface area contributed by atoms with Gasteiger partial charge in [0.05, 0.1) is 14.2 Å². The highest BCUT2D eigenvalue weighted by Crippen LogP contribution is 2.35. The average Bonchev–Trinajstić information content (AvgIpc) is 2.46. The van der Waals surface area contributed by atoms with Crippen molar-refractivity contribution in [3.05, 3.63) is 52.5 Å².